The Balaban J connectivity index is 2.16. The van der Waals surface area contributed by atoms with Crippen LogP contribution in [0.15, 0.2) is 36.4 Å². The summed E-state index contributed by atoms with van der Waals surface area (Å²) in [5.41, 5.74) is 1.14. The summed E-state index contributed by atoms with van der Waals surface area (Å²) >= 11 is 0. The van der Waals surface area contributed by atoms with Crippen LogP contribution in [-0.4, -0.2) is 32.4 Å². The van der Waals surface area contributed by atoms with Gasteiger partial charge in [0.1, 0.15) is 24.2 Å². The van der Waals surface area contributed by atoms with Crippen LogP contribution in [-0.2, 0) is 4.74 Å². The molecule has 0 aliphatic rings. The number of hydrogen-bond donors (Lipinski definition) is 1. The zero-order chi connectivity index (χ0) is 15.8. The van der Waals surface area contributed by atoms with Gasteiger partial charge in [0, 0.05) is 18.9 Å². The Morgan fingerprint density at radius 1 is 1.14 bits per heavy atom. The summed E-state index contributed by atoms with van der Waals surface area (Å²) < 4.78 is 15.9. The van der Waals surface area contributed by atoms with Crippen LogP contribution in [0.5, 0.6) is 11.5 Å². The van der Waals surface area contributed by atoms with Crippen molar-refractivity contribution in [3.8, 4) is 17.6 Å². The lowest BCUT2D eigenvalue weighted by atomic mass is 10.2. The Bertz CT molecular complexity index is 668. The van der Waals surface area contributed by atoms with E-state index in [1.807, 2.05) is 18.2 Å². The first-order valence-corrected chi connectivity index (χ1v) is 6.70. The smallest absolute Gasteiger partial charge is 0.163 e. The van der Waals surface area contributed by atoms with Crippen LogP contribution in [0.4, 0.5) is 11.5 Å². The van der Waals surface area contributed by atoms with Gasteiger partial charge in [0.2, 0.25) is 0 Å². The highest BCUT2D eigenvalue weighted by atomic mass is 16.5. The van der Waals surface area contributed by atoms with E-state index in [4.69, 9.17) is 19.5 Å². The van der Waals surface area contributed by atoms with Gasteiger partial charge in [0.25, 0.3) is 0 Å². The van der Waals surface area contributed by atoms with E-state index in [9.17, 15) is 0 Å². The fraction of sp³-hybridized carbons (Fsp3) is 0.250. The highest BCUT2D eigenvalue weighted by molar-refractivity contribution is 5.61. The highest BCUT2D eigenvalue weighted by Crippen LogP contribution is 2.31. The molecule has 0 unspecified atom stereocenters. The van der Waals surface area contributed by atoms with Crippen LogP contribution in [0, 0.1) is 11.3 Å². The van der Waals surface area contributed by atoms with E-state index in [1.165, 1.54) is 0 Å². The maximum atomic E-state index is 8.87. The third-order valence-electron chi connectivity index (χ3n) is 2.84. The number of pyridine rings is 1. The van der Waals surface area contributed by atoms with E-state index in [-0.39, 0.29) is 0 Å². The fourth-order valence-corrected chi connectivity index (χ4v) is 1.82. The maximum Gasteiger partial charge on any atom is 0.163 e. The van der Waals surface area contributed by atoms with E-state index < -0.39 is 0 Å². The predicted molar refractivity (Wildman–Crippen MR) is 82.6 cm³/mol. The molecule has 0 spiro atoms. The average Bonchev–Trinajstić information content (AvgIpc) is 2.55. The Morgan fingerprint density at radius 2 is 2.00 bits per heavy atom. The third-order valence-corrected chi connectivity index (χ3v) is 2.84. The van der Waals surface area contributed by atoms with Crippen molar-refractivity contribution < 1.29 is 14.2 Å². The number of hydrogen-bond acceptors (Lipinski definition) is 6. The van der Waals surface area contributed by atoms with Crippen molar-refractivity contribution in [3.63, 3.8) is 0 Å². The zero-order valence-electron chi connectivity index (χ0n) is 12.5. The van der Waals surface area contributed by atoms with Crippen molar-refractivity contribution in [2.75, 3.05) is 32.8 Å². The number of benzene rings is 1. The number of methoxy groups -OCH3 is 2. The predicted octanol–water partition coefficient (Wildman–Crippen LogP) is 2.73. The van der Waals surface area contributed by atoms with Crippen molar-refractivity contribution in [2.24, 2.45) is 0 Å². The van der Waals surface area contributed by atoms with E-state index >= 15 is 0 Å². The molecule has 114 valence electrons. The first kappa shape index (κ1) is 15.6. The van der Waals surface area contributed by atoms with Crippen LogP contribution >= 0.6 is 0 Å². The van der Waals surface area contributed by atoms with E-state index in [0.29, 0.717) is 36.2 Å². The van der Waals surface area contributed by atoms with Gasteiger partial charge in [-0.25, -0.2) is 4.98 Å². The molecule has 1 aromatic carbocycles. The molecule has 0 bridgehead atoms. The first-order valence-electron chi connectivity index (χ1n) is 6.70. The first-order chi connectivity index (χ1) is 10.8. The van der Waals surface area contributed by atoms with Gasteiger partial charge in [-0.3, -0.25) is 0 Å². The topological polar surface area (TPSA) is 76.4 Å². The Hall–Kier alpha value is -2.78. The standard InChI is InChI=1S/C16H17N3O3/c1-20-8-9-22-15-10-12(6-7-14(15)21-2)18-16-5-3-4-13(11-17)19-16/h3-7,10H,8-9H2,1-2H3,(H,18,19). The summed E-state index contributed by atoms with van der Waals surface area (Å²) in [6.45, 7) is 0.922. The fourth-order valence-electron chi connectivity index (χ4n) is 1.82. The van der Waals surface area contributed by atoms with Crippen LogP contribution in [0.25, 0.3) is 0 Å². The molecular formula is C16H17N3O3. The Morgan fingerprint density at radius 3 is 2.73 bits per heavy atom. The van der Waals surface area contributed by atoms with E-state index in [0.717, 1.165) is 5.69 Å². The lowest BCUT2D eigenvalue weighted by molar-refractivity contribution is 0.144. The second-order valence-corrected chi connectivity index (χ2v) is 4.35. The molecule has 6 nitrogen and oxygen atoms in total. The number of ether oxygens (including phenoxy) is 3. The molecule has 0 radical (unpaired) electrons. The van der Waals surface area contributed by atoms with Gasteiger partial charge in [0.15, 0.2) is 11.5 Å². The van der Waals surface area contributed by atoms with Crippen molar-refractivity contribution >= 4 is 11.5 Å². The minimum Gasteiger partial charge on any atom is -0.493 e. The summed E-state index contributed by atoms with van der Waals surface area (Å²) in [6, 6.07) is 12.7. The molecular weight excluding hydrogens is 282 g/mol. The molecule has 1 N–H and O–H groups in total. The molecule has 0 saturated heterocycles. The zero-order valence-corrected chi connectivity index (χ0v) is 12.5. The summed E-state index contributed by atoms with van der Waals surface area (Å²) in [5.74, 6) is 1.84. The van der Waals surface area contributed by atoms with E-state index in [2.05, 4.69) is 10.3 Å². The molecule has 2 aromatic rings. The average molecular weight is 299 g/mol. The van der Waals surface area contributed by atoms with Gasteiger partial charge < -0.3 is 19.5 Å². The summed E-state index contributed by atoms with van der Waals surface area (Å²) in [7, 11) is 3.20. The molecule has 2 rings (SSSR count). The number of nitrogens with zero attached hydrogens (tertiary/aromatic N) is 2. The van der Waals surface area contributed by atoms with Crippen LogP contribution < -0.4 is 14.8 Å². The molecule has 1 heterocycles. The van der Waals surface area contributed by atoms with Gasteiger partial charge in [-0.15, -0.1) is 0 Å². The van der Waals surface area contributed by atoms with Gasteiger partial charge in [-0.1, -0.05) is 6.07 Å². The number of rotatable bonds is 7. The minimum atomic E-state index is 0.357. The summed E-state index contributed by atoms with van der Waals surface area (Å²) in [6.07, 6.45) is 0. The summed E-state index contributed by atoms with van der Waals surface area (Å²) in [4.78, 5) is 4.17. The Labute approximate surface area is 129 Å². The molecule has 0 aliphatic carbocycles. The monoisotopic (exact) mass is 299 g/mol. The second kappa shape index (κ2) is 7.86. The van der Waals surface area contributed by atoms with Gasteiger partial charge in [-0.2, -0.15) is 5.26 Å². The van der Waals surface area contributed by atoms with Gasteiger partial charge in [-0.05, 0) is 24.3 Å². The van der Waals surface area contributed by atoms with E-state index in [1.54, 1.807) is 38.5 Å². The lowest BCUT2D eigenvalue weighted by Crippen LogP contribution is -2.05. The maximum absolute atomic E-state index is 8.87. The molecule has 0 aliphatic heterocycles. The largest absolute Gasteiger partial charge is 0.493 e. The quantitative estimate of drug-likeness (QED) is 0.792. The number of aromatic nitrogens is 1. The minimum absolute atomic E-state index is 0.357. The van der Waals surface area contributed by atoms with Crippen molar-refractivity contribution in [1.29, 1.82) is 5.26 Å². The Kier molecular flexibility index (Phi) is 5.57. The number of nitrogens with one attached hydrogen (secondary N) is 1. The second-order valence-electron chi connectivity index (χ2n) is 4.35. The highest BCUT2D eigenvalue weighted by Gasteiger charge is 2.07. The van der Waals surface area contributed by atoms with Crippen LogP contribution in [0.3, 0.4) is 0 Å². The molecule has 0 fully saturated rings. The molecule has 22 heavy (non-hydrogen) atoms. The van der Waals surface area contributed by atoms with Gasteiger partial charge in [0.05, 0.1) is 13.7 Å². The van der Waals surface area contributed by atoms with Crippen molar-refractivity contribution in [2.45, 2.75) is 0 Å². The van der Waals surface area contributed by atoms with Crippen molar-refractivity contribution in [1.82, 2.24) is 4.98 Å². The van der Waals surface area contributed by atoms with Crippen LogP contribution in [0.2, 0.25) is 0 Å². The van der Waals surface area contributed by atoms with Crippen LogP contribution in [0.1, 0.15) is 5.69 Å². The molecule has 0 atom stereocenters. The van der Waals surface area contributed by atoms with Crippen molar-refractivity contribution in [3.05, 3.63) is 42.1 Å². The number of nitriles is 1. The molecule has 6 heteroatoms. The molecule has 0 amide bonds. The lowest BCUT2D eigenvalue weighted by Gasteiger charge is -2.13. The number of anilines is 2. The normalized spacial score (nSPS) is 9.86. The molecule has 0 saturated carbocycles. The third kappa shape index (κ3) is 4.11. The SMILES string of the molecule is COCCOc1cc(Nc2cccc(C#N)n2)ccc1OC. The summed E-state index contributed by atoms with van der Waals surface area (Å²) in [5, 5.41) is 12.0. The molecule has 1 aromatic heterocycles. The van der Waals surface area contributed by atoms with Gasteiger partial charge >= 0.3 is 0 Å².